The number of hydrogen-bond donors (Lipinski definition) is 2. The highest BCUT2D eigenvalue weighted by atomic mass is 31.1. The molecule has 0 spiro atoms. The van der Waals surface area contributed by atoms with E-state index in [9.17, 15) is 4.79 Å². The number of anilines is 1. The highest BCUT2D eigenvalue weighted by Crippen LogP contribution is 2.40. The Hall–Kier alpha value is -2.69. The molecular weight excluding hydrogens is 417 g/mol. The van der Waals surface area contributed by atoms with Gasteiger partial charge in [-0.3, -0.25) is 15.1 Å². The first-order chi connectivity index (χ1) is 15.5. The van der Waals surface area contributed by atoms with Gasteiger partial charge in [0.2, 0.25) is 11.7 Å². The van der Waals surface area contributed by atoms with E-state index in [0.717, 1.165) is 34.8 Å². The second kappa shape index (κ2) is 8.68. The van der Waals surface area contributed by atoms with Crippen LogP contribution >= 0.6 is 8.58 Å². The summed E-state index contributed by atoms with van der Waals surface area (Å²) < 4.78 is 2.27. The number of aromatic nitrogens is 1. The molecule has 3 heterocycles. The molecule has 1 saturated carbocycles. The first-order valence-electron chi connectivity index (χ1n) is 11.3. The summed E-state index contributed by atoms with van der Waals surface area (Å²) in [5, 5.41) is 6.71. The summed E-state index contributed by atoms with van der Waals surface area (Å²) in [6.45, 7) is 7.34. The minimum Gasteiger partial charge on any atom is -0.322 e. The highest BCUT2D eigenvalue weighted by molar-refractivity contribution is 7.44. The second-order valence-corrected chi connectivity index (χ2v) is 10.1. The maximum Gasteiger partial charge on any atom is 0.257 e. The van der Waals surface area contributed by atoms with Gasteiger partial charge in [0.25, 0.3) is 5.91 Å². The Kier molecular flexibility index (Phi) is 5.75. The van der Waals surface area contributed by atoms with E-state index >= 15 is 0 Å². The molecule has 7 heteroatoms. The van der Waals surface area contributed by atoms with Gasteiger partial charge in [-0.1, -0.05) is 12.1 Å². The van der Waals surface area contributed by atoms with Gasteiger partial charge in [0.05, 0.1) is 11.3 Å². The lowest BCUT2D eigenvalue weighted by molar-refractivity contribution is -0.467. The number of benzene rings is 1. The predicted octanol–water partition coefficient (Wildman–Crippen LogP) is 4.55. The first kappa shape index (κ1) is 21.2. The SMILES string of the molecule is CC[N+]1=CC2=C1PC(NC(C)c1cccc(NC(=O)c3cnc(C4CC4)c(C)c3)c1)C=N2. The van der Waals surface area contributed by atoms with E-state index < -0.39 is 0 Å². The summed E-state index contributed by atoms with van der Waals surface area (Å²) in [4.78, 5) is 21.9. The Morgan fingerprint density at radius 3 is 2.91 bits per heavy atom. The number of carbonyl (C=O) groups is 1. The molecule has 3 aliphatic rings. The quantitative estimate of drug-likeness (QED) is 0.485. The number of nitrogens with one attached hydrogen (secondary N) is 2. The molecule has 3 atom stereocenters. The number of carbonyl (C=O) groups excluding carboxylic acids is 1. The molecule has 6 nitrogen and oxygen atoms in total. The van der Waals surface area contributed by atoms with Crippen molar-refractivity contribution >= 4 is 32.6 Å². The van der Waals surface area contributed by atoms with Crippen LogP contribution in [0.3, 0.4) is 0 Å². The minimum atomic E-state index is -0.123. The molecule has 0 bridgehead atoms. The first-order valence-corrected chi connectivity index (χ1v) is 12.4. The van der Waals surface area contributed by atoms with Crippen molar-refractivity contribution in [3.8, 4) is 0 Å². The van der Waals surface area contributed by atoms with Gasteiger partial charge in [0.15, 0.2) is 5.70 Å². The third-order valence-corrected chi connectivity index (χ3v) is 7.67. The Morgan fingerprint density at radius 2 is 2.16 bits per heavy atom. The molecule has 3 unspecified atom stereocenters. The van der Waals surface area contributed by atoms with Gasteiger partial charge >= 0.3 is 0 Å². The van der Waals surface area contributed by atoms with Crippen molar-refractivity contribution in [3.63, 3.8) is 0 Å². The number of amides is 1. The fourth-order valence-electron chi connectivity index (χ4n) is 4.23. The number of nitrogens with zero attached hydrogens (tertiary/aromatic N) is 3. The summed E-state index contributed by atoms with van der Waals surface area (Å²) in [6, 6.07) is 10.1. The van der Waals surface area contributed by atoms with E-state index in [4.69, 9.17) is 0 Å². The van der Waals surface area contributed by atoms with Crippen LogP contribution in [0.25, 0.3) is 0 Å². The molecule has 1 aliphatic carbocycles. The third kappa shape index (κ3) is 4.30. The number of hydrogen-bond acceptors (Lipinski definition) is 4. The Morgan fingerprint density at radius 1 is 1.31 bits per heavy atom. The molecule has 1 aromatic heterocycles. The van der Waals surface area contributed by atoms with Crippen LogP contribution < -0.4 is 10.6 Å². The molecule has 164 valence electrons. The third-order valence-electron chi connectivity index (χ3n) is 6.22. The molecular formula is C25H29N5OP+. The van der Waals surface area contributed by atoms with Crippen LogP contribution in [0.1, 0.15) is 65.8 Å². The van der Waals surface area contributed by atoms with Gasteiger partial charge in [-0.2, -0.15) is 4.58 Å². The van der Waals surface area contributed by atoms with Crippen LogP contribution in [0, 0.1) is 6.92 Å². The van der Waals surface area contributed by atoms with Gasteiger partial charge in [-0.15, -0.1) is 0 Å². The van der Waals surface area contributed by atoms with Crippen LogP contribution in [-0.4, -0.2) is 40.2 Å². The molecule has 0 radical (unpaired) electrons. The molecule has 2 aromatic rings. The lowest BCUT2D eigenvalue weighted by Crippen LogP contribution is -2.34. The van der Waals surface area contributed by atoms with Gasteiger partial charge in [0, 0.05) is 44.3 Å². The van der Waals surface area contributed by atoms with E-state index in [2.05, 4.69) is 51.3 Å². The summed E-state index contributed by atoms with van der Waals surface area (Å²) in [6.07, 6.45) is 8.25. The van der Waals surface area contributed by atoms with Crippen molar-refractivity contribution in [2.75, 3.05) is 11.9 Å². The predicted molar refractivity (Wildman–Crippen MR) is 131 cm³/mol. The zero-order valence-corrected chi connectivity index (χ0v) is 19.7. The normalized spacial score (nSPS) is 21.1. The average Bonchev–Trinajstić information content (AvgIpc) is 3.61. The largest absolute Gasteiger partial charge is 0.322 e. The second-order valence-electron chi connectivity index (χ2n) is 8.72. The van der Waals surface area contributed by atoms with Gasteiger partial charge in [-0.25, -0.2) is 4.99 Å². The molecule has 0 saturated heterocycles. The van der Waals surface area contributed by atoms with E-state index in [0.29, 0.717) is 20.1 Å². The van der Waals surface area contributed by atoms with Crippen molar-refractivity contribution in [2.24, 2.45) is 4.99 Å². The Bertz CT molecular complexity index is 1160. The lowest BCUT2D eigenvalue weighted by Gasteiger charge is -2.25. The average molecular weight is 447 g/mol. The maximum absolute atomic E-state index is 12.8. The van der Waals surface area contributed by atoms with Crippen molar-refractivity contribution in [3.05, 3.63) is 70.0 Å². The fraction of sp³-hybridized carbons (Fsp3) is 0.360. The molecule has 1 fully saturated rings. The van der Waals surface area contributed by atoms with E-state index in [1.807, 2.05) is 37.4 Å². The van der Waals surface area contributed by atoms with Crippen LogP contribution in [-0.2, 0) is 0 Å². The van der Waals surface area contributed by atoms with Crippen molar-refractivity contribution in [1.82, 2.24) is 10.3 Å². The highest BCUT2D eigenvalue weighted by Gasteiger charge is 2.33. The number of rotatable bonds is 7. The molecule has 2 aliphatic heterocycles. The summed E-state index contributed by atoms with van der Waals surface area (Å²) >= 11 is 0. The smallest absolute Gasteiger partial charge is 0.257 e. The zero-order valence-electron chi connectivity index (χ0n) is 18.7. The standard InChI is InChI=1S/C25H28N5OP/c1-4-30-14-21-25(30)32-22(13-26-21)28-16(3)18-6-5-7-20(11-18)29-24(31)19-10-15(2)23(27-12-19)17-8-9-17/h5-7,10-14,16-17,22,28,32H,4,8-9H2,1-3H3/p+1. The molecule has 2 N–H and O–H groups in total. The molecule has 32 heavy (non-hydrogen) atoms. The minimum absolute atomic E-state index is 0.123. The van der Waals surface area contributed by atoms with Crippen molar-refractivity contribution in [1.29, 1.82) is 0 Å². The zero-order chi connectivity index (χ0) is 22.2. The van der Waals surface area contributed by atoms with Gasteiger partial charge in [0.1, 0.15) is 6.54 Å². The molecule has 1 aromatic carbocycles. The van der Waals surface area contributed by atoms with E-state index in [1.165, 1.54) is 18.3 Å². The number of aliphatic imine (C=N–C) groups is 1. The van der Waals surface area contributed by atoms with Crippen LogP contribution in [0.4, 0.5) is 5.69 Å². The molecule has 5 rings (SSSR count). The molecule has 1 amide bonds. The van der Waals surface area contributed by atoms with Crippen molar-refractivity contribution < 1.29 is 9.37 Å². The Balaban J connectivity index is 1.22. The van der Waals surface area contributed by atoms with E-state index in [-0.39, 0.29) is 17.7 Å². The van der Waals surface area contributed by atoms with Crippen LogP contribution in [0.5, 0.6) is 0 Å². The van der Waals surface area contributed by atoms with Crippen LogP contribution in [0.15, 0.2) is 52.7 Å². The number of aryl methyl sites for hydroxylation is 1. The lowest BCUT2D eigenvalue weighted by atomic mass is 10.1. The summed E-state index contributed by atoms with van der Waals surface area (Å²) in [5.74, 6) is 0.689. The monoisotopic (exact) mass is 446 g/mol. The Labute approximate surface area is 190 Å². The van der Waals surface area contributed by atoms with Gasteiger partial charge in [-0.05, 0) is 62.9 Å². The number of allylic oxidation sites excluding steroid dienone is 1. The fourth-order valence-corrected chi connectivity index (χ4v) is 5.67. The van der Waals surface area contributed by atoms with E-state index in [1.54, 1.807) is 6.20 Å². The summed E-state index contributed by atoms with van der Waals surface area (Å²) in [5.41, 5.74) is 7.23. The maximum atomic E-state index is 12.8. The topological polar surface area (TPSA) is 69.4 Å². The van der Waals surface area contributed by atoms with Crippen molar-refractivity contribution in [2.45, 2.75) is 51.4 Å². The number of pyridine rings is 1. The van der Waals surface area contributed by atoms with Crippen LogP contribution in [0.2, 0.25) is 0 Å². The summed E-state index contributed by atoms with van der Waals surface area (Å²) in [7, 11) is 0.670. The van der Waals surface area contributed by atoms with Gasteiger partial charge < -0.3 is 5.32 Å².